The Morgan fingerprint density at radius 2 is 1.67 bits per heavy atom. The monoisotopic (exact) mass is 368 g/mol. The summed E-state index contributed by atoms with van der Waals surface area (Å²) in [5.74, 6) is 2.76. The minimum Gasteiger partial charge on any atom is -0.454 e. The van der Waals surface area contributed by atoms with E-state index in [0.29, 0.717) is 35.8 Å². The third kappa shape index (κ3) is 2.88. The molecule has 0 bridgehead atoms. The van der Waals surface area contributed by atoms with E-state index in [9.17, 15) is 5.21 Å². The van der Waals surface area contributed by atoms with Gasteiger partial charge in [-0.1, -0.05) is 16.4 Å². The third-order valence-electron chi connectivity index (χ3n) is 4.70. The van der Waals surface area contributed by atoms with Crippen molar-refractivity contribution in [3.8, 4) is 23.0 Å². The van der Waals surface area contributed by atoms with Crippen molar-refractivity contribution < 1.29 is 29.0 Å². The van der Waals surface area contributed by atoms with Gasteiger partial charge in [0.25, 0.3) is 0 Å². The maximum Gasteiger partial charge on any atom is 0.231 e. The van der Waals surface area contributed by atoms with Crippen LogP contribution in [-0.4, -0.2) is 30.2 Å². The number of ether oxygens (including phenoxy) is 4. The minimum atomic E-state index is -0.203. The molecular formula is C19H16N2O6. The molecule has 3 aliphatic rings. The molecule has 1 N–H and O–H groups in total. The van der Waals surface area contributed by atoms with E-state index in [-0.39, 0.29) is 19.7 Å². The molecule has 8 heteroatoms. The molecule has 0 saturated carbocycles. The van der Waals surface area contributed by atoms with Gasteiger partial charge in [-0.3, -0.25) is 0 Å². The maximum atomic E-state index is 9.47. The highest BCUT2D eigenvalue weighted by Crippen LogP contribution is 2.38. The summed E-state index contributed by atoms with van der Waals surface area (Å²) in [6.07, 6.45) is 0.770. The topological polar surface area (TPSA) is 91.1 Å². The van der Waals surface area contributed by atoms with E-state index in [0.717, 1.165) is 22.6 Å². The minimum absolute atomic E-state index is 0.197. The van der Waals surface area contributed by atoms with Crippen LogP contribution in [0.2, 0.25) is 0 Å². The summed E-state index contributed by atoms with van der Waals surface area (Å²) in [6, 6.07) is 11.1. The maximum absolute atomic E-state index is 9.47. The van der Waals surface area contributed by atoms with E-state index in [4.69, 9.17) is 23.8 Å². The molecule has 2 aromatic rings. The van der Waals surface area contributed by atoms with Crippen LogP contribution in [0.1, 0.15) is 30.1 Å². The Morgan fingerprint density at radius 1 is 0.963 bits per heavy atom. The van der Waals surface area contributed by atoms with E-state index < -0.39 is 0 Å². The highest BCUT2D eigenvalue weighted by Gasteiger charge is 2.27. The van der Waals surface area contributed by atoms with Crippen LogP contribution < -0.4 is 18.9 Å². The number of oxime groups is 2. The quantitative estimate of drug-likeness (QED) is 0.506. The summed E-state index contributed by atoms with van der Waals surface area (Å²) in [6.45, 7) is 0.431. The fourth-order valence-corrected chi connectivity index (χ4v) is 3.29. The molecule has 1 unspecified atom stereocenters. The molecular weight excluding hydrogens is 352 g/mol. The van der Waals surface area contributed by atoms with Gasteiger partial charge in [0.2, 0.25) is 13.6 Å². The van der Waals surface area contributed by atoms with Gasteiger partial charge >= 0.3 is 0 Å². The van der Waals surface area contributed by atoms with Crippen molar-refractivity contribution in [1.82, 2.24) is 0 Å². The summed E-state index contributed by atoms with van der Waals surface area (Å²) in [5, 5.41) is 17.1. The van der Waals surface area contributed by atoms with Crippen molar-refractivity contribution >= 4 is 11.4 Å². The molecule has 3 aliphatic heterocycles. The molecule has 8 nitrogen and oxygen atoms in total. The van der Waals surface area contributed by atoms with E-state index in [1.807, 2.05) is 24.3 Å². The van der Waals surface area contributed by atoms with Gasteiger partial charge in [-0.05, 0) is 35.9 Å². The van der Waals surface area contributed by atoms with Crippen molar-refractivity contribution in [2.24, 2.45) is 10.3 Å². The first-order valence-corrected chi connectivity index (χ1v) is 8.52. The van der Waals surface area contributed by atoms with Crippen LogP contribution in [-0.2, 0) is 4.84 Å². The predicted octanol–water partition coefficient (Wildman–Crippen LogP) is 3.23. The number of fused-ring (bicyclic) bond motifs is 2. The van der Waals surface area contributed by atoms with Gasteiger partial charge in [0, 0.05) is 18.4 Å². The summed E-state index contributed by atoms with van der Waals surface area (Å²) >= 11 is 0. The lowest BCUT2D eigenvalue weighted by Gasteiger charge is -2.09. The van der Waals surface area contributed by atoms with Crippen LogP contribution in [0.5, 0.6) is 23.0 Å². The first kappa shape index (κ1) is 15.8. The fraction of sp³-hybridized carbons (Fsp3) is 0.263. The highest BCUT2D eigenvalue weighted by molar-refractivity contribution is 6.12. The zero-order valence-corrected chi connectivity index (χ0v) is 14.3. The van der Waals surface area contributed by atoms with Gasteiger partial charge in [-0.2, -0.15) is 0 Å². The molecule has 0 fully saturated rings. The number of nitrogens with zero attached hydrogens (tertiary/aromatic N) is 2. The molecule has 0 aliphatic carbocycles. The Morgan fingerprint density at radius 3 is 2.44 bits per heavy atom. The van der Waals surface area contributed by atoms with E-state index in [1.165, 1.54) is 0 Å². The number of benzene rings is 2. The van der Waals surface area contributed by atoms with Crippen LogP contribution >= 0.6 is 0 Å². The van der Waals surface area contributed by atoms with Crippen molar-refractivity contribution in [3.63, 3.8) is 0 Å². The lowest BCUT2D eigenvalue weighted by atomic mass is 9.98. The van der Waals surface area contributed by atoms with Crippen LogP contribution in [0.15, 0.2) is 46.7 Å². The predicted molar refractivity (Wildman–Crippen MR) is 93.9 cm³/mol. The van der Waals surface area contributed by atoms with Gasteiger partial charge in [-0.25, -0.2) is 0 Å². The summed E-state index contributed by atoms with van der Waals surface area (Å²) in [4.78, 5) is 5.58. The number of hydrogen-bond donors (Lipinski definition) is 1. The summed E-state index contributed by atoms with van der Waals surface area (Å²) < 4.78 is 21.4. The normalized spacial score (nSPS) is 19.8. The molecule has 5 rings (SSSR count). The lowest BCUT2D eigenvalue weighted by Crippen LogP contribution is -2.09. The Balaban J connectivity index is 1.28. The second kappa shape index (κ2) is 6.39. The second-order valence-electron chi connectivity index (χ2n) is 6.36. The van der Waals surface area contributed by atoms with E-state index in [2.05, 4.69) is 10.3 Å². The Labute approximate surface area is 154 Å². The molecule has 0 amide bonds. The van der Waals surface area contributed by atoms with Gasteiger partial charge in [0.1, 0.15) is 0 Å². The van der Waals surface area contributed by atoms with Gasteiger partial charge in [0.15, 0.2) is 29.1 Å². The Bertz CT molecular complexity index is 955. The summed E-state index contributed by atoms with van der Waals surface area (Å²) in [7, 11) is 0. The first-order chi connectivity index (χ1) is 13.3. The molecule has 27 heavy (non-hydrogen) atoms. The average molecular weight is 368 g/mol. The highest BCUT2D eigenvalue weighted by atomic mass is 16.7. The van der Waals surface area contributed by atoms with Crippen molar-refractivity contribution in [1.29, 1.82) is 0 Å². The third-order valence-corrected chi connectivity index (χ3v) is 4.70. The summed E-state index contributed by atoms with van der Waals surface area (Å²) in [5.41, 5.74) is 2.99. The molecule has 2 aromatic carbocycles. The van der Waals surface area contributed by atoms with Crippen LogP contribution in [0.25, 0.3) is 0 Å². The molecule has 138 valence electrons. The molecule has 0 saturated heterocycles. The smallest absolute Gasteiger partial charge is 0.231 e. The van der Waals surface area contributed by atoms with Crippen molar-refractivity contribution in [3.05, 3.63) is 47.5 Å². The Kier molecular flexibility index (Phi) is 3.74. The largest absolute Gasteiger partial charge is 0.454 e. The van der Waals surface area contributed by atoms with Crippen LogP contribution in [0.4, 0.5) is 0 Å². The molecule has 0 spiro atoms. The van der Waals surface area contributed by atoms with Gasteiger partial charge < -0.3 is 29.0 Å². The van der Waals surface area contributed by atoms with Crippen LogP contribution in [0.3, 0.4) is 0 Å². The van der Waals surface area contributed by atoms with E-state index in [1.54, 1.807) is 12.1 Å². The standard InChI is InChI=1S/C19H16N2O6/c22-20-14(11-1-3-15-18(5-11)25-9-23-15)7-13-8-17(27-21-13)12-2-4-16-19(6-12)26-10-24-16/h1-6,17,22H,7-10H2/b20-14-. The molecule has 0 aromatic heterocycles. The molecule has 3 heterocycles. The Hall–Kier alpha value is -3.42. The van der Waals surface area contributed by atoms with Gasteiger partial charge in [-0.15, -0.1) is 0 Å². The average Bonchev–Trinajstić information content (AvgIpc) is 3.44. The zero-order valence-electron chi connectivity index (χ0n) is 14.3. The van der Waals surface area contributed by atoms with Crippen molar-refractivity contribution in [2.45, 2.75) is 18.9 Å². The molecule has 0 radical (unpaired) electrons. The van der Waals surface area contributed by atoms with Gasteiger partial charge in [0.05, 0.1) is 11.4 Å². The SMILES string of the molecule is O/N=C(/CC1=NOC(c2ccc3c(c2)OCO3)C1)c1ccc2c(c1)OCO2. The number of rotatable bonds is 4. The van der Waals surface area contributed by atoms with Crippen molar-refractivity contribution in [2.75, 3.05) is 13.6 Å². The first-order valence-electron chi connectivity index (χ1n) is 8.52. The van der Waals surface area contributed by atoms with E-state index >= 15 is 0 Å². The molecule has 1 atom stereocenters. The van der Waals surface area contributed by atoms with Crippen LogP contribution in [0, 0.1) is 0 Å². The number of hydrogen-bond acceptors (Lipinski definition) is 8. The lowest BCUT2D eigenvalue weighted by molar-refractivity contribution is 0.0855. The second-order valence-corrected chi connectivity index (χ2v) is 6.36. The fourth-order valence-electron chi connectivity index (χ4n) is 3.29. The zero-order chi connectivity index (χ0) is 18.2.